The van der Waals surface area contributed by atoms with E-state index in [1.54, 1.807) is 41.3 Å². The predicted molar refractivity (Wildman–Crippen MR) is 195 cm³/mol. The second-order valence-electron chi connectivity index (χ2n) is 13.0. The maximum atomic E-state index is 14.8. The Morgan fingerprint density at radius 3 is 2.52 bits per heavy atom. The van der Waals surface area contributed by atoms with Gasteiger partial charge in [0, 0.05) is 30.9 Å². The largest absolute Gasteiger partial charge is 0.455 e. The quantitative estimate of drug-likeness (QED) is 0.0885. The molecular weight excluding hydrogens is 726 g/mol. The van der Waals surface area contributed by atoms with Crippen LogP contribution in [0.25, 0.3) is 0 Å². The van der Waals surface area contributed by atoms with E-state index in [0.717, 1.165) is 12.8 Å². The summed E-state index contributed by atoms with van der Waals surface area (Å²) in [4.78, 5) is 59.0. The number of likely N-dealkylation sites (tertiary alicyclic amines) is 1. The molecule has 3 amide bonds. The summed E-state index contributed by atoms with van der Waals surface area (Å²) in [6, 6.07) is 15.1. The van der Waals surface area contributed by atoms with Crippen molar-refractivity contribution in [1.82, 2.24) is 10.2 Å². The Morgan fingerprint density at radius 1 is 1.10 bits per heavy atom. The fourth-order valence-corrected chi connectivity index (χ4v) is 8.74. The summed E-state index contributed by atoms with van der Waals surface area (Å²) in [5.74, 6) is -3.49. The minimum absolute atomic E-state index is 0.0426. The number of unbranched alkanes of at least 4 members (excludes halogenated alkanes) is 3. The van der Waals surface area contributed by atoms with Crippen LogP contribution in [0.4, 0.5) is 5.69 Å². The highest BCUT2D eigenvalue weighted by Crippen LogP contribution is 2.60. The first-order valence-corrected chi connectivity index (χ1v) is 18.5. The van der Waals surface area contributed by atoms with Crippen molar-refractivity contribution >= 4 is 56.9 Å². The van der Waals surface area contributed by atoms with Gasteiger partial charge in [0.15, 0.2) is 0 Å². The zero-order valence-corrected chi connectivity index (χ0v) is 30.4. The van der Waals surface area contributed by atoms with Crippen molar-refractivity contribution in [3.8, 4) is 0 Å². The number of rotatable bonds is 18. The van der Waals surface area contributed by atoms with Crippen molar-refractivity contribution in [2.24, 2.45) is 11.8 Å². The smallest absolute Gasteiger partial charge is 0.313 e. The van der Waals surface area contributed by atoms with Gasteiger partial charge in [-0.15, -0.1) is 13.2 Å². The molecule has 2 aromatic rings. The van der Waals surface area contributed by atoms with Gasteiger partial charge in [-0.05, 0) is 43.4 Å². The van der Waals surface area contributed by atoms with E-state index >= 15 is 0 Å². The zero-order chi connectivity index (χ0) is 35.8. The topological polar surface area (TPSA) is 125 Å². The number of aliphatic hydroxyl groups excluding tert-OH is 1. The van der Waals surface area contributed by atoms with Gasteiger partial charge in [0.05, 0.1) is 35.2 Å². The fraction of sp³-hybridized carbons (Fsp3) is 0.474. The van der Waals surface area contributed by atoms with E-state index in [1.165, 1.54) is 4.90 Å². The molecule has 0 aliphatic carbocycles. The number of hydrogen-bond donors (Lipinski definition) is 2. The Hall–Kier alpha value is -3.51. The molecule has 3 heterocycles. The summed E-state index contributed by atoms with van der Waals surface area (Å²) in [6.45, 7) is 8.06. The van der Waals surface area contributed by atoms with Gasteiger partial charge in [0.2, 0.25) is 11.8 Å². The number of fused-ring (bicyclic) bond motifs is 1. The van der Waals surface area contributed by atoms with E-state index < -0.39 is 41.7 Å². The molecule has 3 fully saturated rings. The monoisotopic (exact) mass is 769 g/mol. The van der Waals surface area contributed by atoms with Crippen LogP contribution in [0.5, 0.6) is 0 Å². The summed E-state index contributed by atoms with van der Waals surface area (Å²) >= 11 is 10.3. The van der Waals surface area contributed by atoms with Crippen molar-refractivity contribution in [2.75, 3.05) is 31.1 Å². The molecular formula is C38H45BrClN3O7. The molecule has 0 saturated carbocycles. The number of aliphatic hydroxyl groups is 1. The molecule has 12 heteroatoms. The summed E-state index contributed by atoms with van der Waals surface area (Å²) in [6.07, 6.45) is 5.60. The molecule has 1 spiro atoms. The average molecular weight is 771 g/mol. The molecule has 3 aliphatic heterocycles. The van der Waals surface area contributed by atoms with Gasteiger partial charge in [-0.1, -0.05) is 95.0 Å². The number of nitrogens with one attached hydrogen (secondary N) is 1. The van der Waals surface area contributed by atoms with E-state index in [0.29, 0.717) is 42.0 Å². The Morgan fingerprint density at radius 2 is 1.82 bits per heavy atom. The van der Waals surface area contributed by atoms with Gasteiger partial charge in [-0.25, -0.2) is 0 Å². The number of benzene rings is 2. The first-order valence-electron chi connectivity index (χ1n) is 17.2. The normalized spacial score (nSPS) is 25.5. The maximum absolute atomic E-state index is 14.8. The molecule has 5 rings (SSSR count). The third kappa shape index (κ3) is 7.71. The number of esters is 1. The second-order valence-corrected chi connectivity index (χ2v) is 14.6. The molecule has 3 aliphatic rings. The van der Waals surface area contributed by atoms with Crippen LogP contribution in [-0.4, -0.2) is 82.5 Å². The average Bonchev–Trinajstić information content (AvgIpc) is 3.71. The van der Waals surface area contributed by atoms with Crippen LogP contribution in [0.15, 0.2) is 79.9 Å². The Bertz CT molecular complexity index is 1560. The second kappa shape index (κ2) is 17.1. The minimum Gasteiger partial charge on any atom is -0.455 e. The number of anilines is 1. The number of allylic oxidation sites excluding steroid dienone is 1. The van der Waals surface area contributed by atoms with Crippen LogP contribution in [0.2, 0.25) is 5.02 Å². The van der Waals surface area contributed by atoms with Crippen LogP contribution < -0.4 is 10.2 Å². The maximum Gasteiger partial charge on any atom is 0.313 e. The molecule has 0 radical (unpaired) electrons. The molecule has 1 unspecified atom stereocenters. The summed E-state index contributed by atoms with van der Waals surface area (Å²) in [5, 5.41) is 12.5. The summed E-state index contributed by atoms with van der Waals surface area (Å²) < 4.78 is 12.9. The number of alkyl halides is 1. The standard InChI is InChI=1S/C38H45BrClN3O7/c1-3-5-19-30(45)41-24-29(25-15-9-8-10-16-25)49-37(48)31-32-35(46)43(21-13-6-7-14-22-44)34(38(32)23-26(39)33(31)50-38)36(47)42(20-4-2)28-18-12-11-17-27(28)40/h3-4,8-12,15-18,26,29,31-34,44H,1-2,5-7,13-14,19-24H2,(H,41,45)/t26?,29-,31+,32-,33+,34+,38-/m0/s1. The summed E-state index contributed by atoms with van der Waals surface area (Å²) in [5.41, 5.74) is -0.132. The Labute approximate surface area is 306 Å². The van der Waals surface area contributed by atoms with E-state index in [-0.39, 0.29) is 55.2 Å². The van der Waals surface area contributed by atoms with Crippen LogP contribution >= 0.6 is 27.5 Å². The van der Waals surface area contributed by atoms with Crippen LogP contribution in [0.3, 0.4) is 0 Å². The number of halogens is 2. The van der Waals surface area contributed by atoms with Gasteiger partial charge >= 0.3 is 5.97 Å². The zero-order valence-electron chi connectivity index (χ0n) is 28.1. The van der Waals surface area contributed by atoms with E-state index in [4.69, 9.17) is 21.1 Å². The number of nitrogens with zero attached hydrogens (tertiary/aromatic N) is 2. The Balaban J connectivity index is 1.47. The van der Waals surface area contributed by atoms with Crippen LogP contribution in [0.1, 0.15) is 56.6 Å². The van der Waals surface area contributed by atoms with Gasteiger partial charge in [-0.2, -0.15) is 0 Å². The number of carbonyl (C=O) groups is 4. The lowest BCUT2D eigenvalue weighted by molar-refractivity contribution is -0.160. The fourth-order valence-electron chi connectivity index (χ4n) is 7.56. The molecule has 50 heavy (non-hydrogen) atoms. The molecule has 2 aromatic carbocycles. The van der Waals surface area contributed by atoms with Crippen molar-refractivity contribution < 1.29 is 33.8 Å². The van der Waals surface area contributed by atoms with Crippen molar-refractivity contribution in [2.45, 2.75) is 73.6 Å². The number of amides is 3. The molecule has 268 valence electrons. The molecule has 7 atom stereocenters. The highest BCUT2D eigenvalue weighted by atomic mass is 79.9. The lowest BCUT2D eigenvalue weighted by atomic mass is 9.70. The van der Waals surface area contributed by atoms with E-state index in [2.05, 4.69) is 34.4 Å². The lowest BCUT2D eigenvalue weighted by Crippen LogP contribution is -2.57. The highest BCUT2D eigenvalue weighted by molar-refractivity contribution is 9.09. The molecule has 10 nitrogen and oxygen atoms in total. The Kier molecular flexibility index (Phi) is 12.9. The number of ether oxygens (including phenoxy) is 2. The number of carbonyl (C=O) groups excluding carboxylic acids is 4. The van der Waals surface area contributed by atoms with Gasteiger partial charge in [0.1, 0.15) is 17.7 Å². The van der Waals surface area contributed by atoms with Gasteiger partial charge < -0.3 is 29.7 Å². The first kappa shape index (κ1) is 37.7. The van der Waals surface area contributed by atoms with Crippen LogP contribution in [0, 0.1) is 11.8 Å². The van der Waals surface area contributed by atoms with Crippen molar-refractivity contribution in [3.05, 3.63) is 90.5 Å². The molecule has 2 N–H and O–H groups in total. The van der Waals surface area contributed by atoms with E-state index in [9.17, 15) is 24.3 Å². The number of para-hydroxylation sites is 1. The third-order valence-corrected chi connectivity index (χ3v) is 11.0. The van der Waals surface area contributed by atoms with Crippen molar-refractivity contribution in [1.29, 1.82) is 0 Å². The summed E-state index contributed by atoms with van der Waals surface area (Å²) in [7, 11) is 0. The lowest BCUT2D eigenvalue weighted by Gasteiger charge is -2.37. The highest BCUT2D eigenvalue weighted by Gasteiger charge is 2.77. The minimum atomic E-state index is -1.30. The van der Waals surface area contributed by atoms with Gasteiger partial charge in [-0.3, -0.25) is 19.2 Å². The van der Waals surface area contributed by atoms with Gasteiger partial charge in [0.25, 0.3) is 5.91 Å². The number of hydrogen-bond acceptors (Lipinski definition) is 7. The first-order chi connectivity index (χ1) is 24.2. The van der Waals surface area contributed by atoms with Crippen molar-refractivity contribution in [3.63, 3.8) is 0 Å². The SMILES string of the molecule is C=CCCC(=O)NC[C@H](OC(=O)[C@H]1[C@@H]2O[C@@]3(CC2Br)[C@@H]1C(=O)N(CCCCCCO)[C@@H]3C(=O)N(CC=C)c1ccccc1Cl)c1ccccc1. The molecule has 3 saturated heterocycles. The van der Waals surface area contributed by atoms with Crippen LogP contribution in [-0.2, 0) is 28.7 Å². The predicted octanol–water partition coefficient (Wildman–Crippen LogP) is 5.53. The molecule has 0 aromatic heterocycles. The molecule has 2 bridgehead atoms. The third-order valence-electron chi connectivity index (χ3n) is 9.81. The van der Waals surface area contributed by atoms with E-state index in [1.807, 2.05) is 30.3 Å².